The van der Waals surface area contributed by atoms with Gasteiger partial charge in [-0.25, -0.2) is 4.79 Å². The topological polar surface area (TPSA) is 40.9 Å². The minimum atomic E-state index is 0.319. The molecule has 0 amide bonds. The Morgan fingerprint density at radius 1 is 1.88 bits per heavy atom. The molecule has 8 heavy (non-hydrogen) atoms. The molecule has 0 fully saturated rings. The summed E-state index contributed by atoms with van der Waals surface area (Å²) >= 11 is 0. The zero-order valence-electron chi connectivity index (χ0n) is 4.35. The second-order valence-corrected chi connectivity index (χ2v) is 1.24. The van der Waals surface area contributed by atoms with Gasteiger partial charge in [-0.05, 0) is 0 Å². The summed E-state index contributed by atoms with van der Waals surface area (Å²) in [6, 6.07) is 1.80. The van der Waals surface area contributed by atoms with E-state index in [-0.39, 0.29) is 0 Å². The van der Waals surface area contributed by atoms with Crippen LogP contribution in [0.4, 0.5) is 0 Å². The third-order valence-corrected chi connectivity index (χ3v) is 0.590. The van der Waals surface area contributed by atoms with Gasteiger partial charge in [0.25, 0.3) is 0 Å². The lowest BCUT2D eigenvalue weighted by atomic mass is 10.2. The fourth-order valence-electron chi connectivity index (χ4n) is 0.211. The molecule has 0 N–H and O–H groups in total. The van der Waals surface area contributed by atoms with Crippen LogP contribution in [0.5, 0.6) is 0 Å². The molecule has 0 aliphatic heterocycles. The van der Waals surface area contributed by atoms with Crippen LogP contribution in [0.1, 0.15) is 6.42 Å². The SMILES string of the molecule is C=C(C#N)CC=C=O. The summed E-state index contributed by atoms with van der Waals surface area (Å²) in [7, 11) is 0. The maximum atomic E-state index is 9.49. The first kappa shape index (κ1) is 6.68. The Balaban J connectivity index is 3.60. The summed E-state index contributed by atoms with van der Waals surface area (Å²) in [4.78, 5) is 9.49. The molecule has 40 valence electrons. The Morgan fingerprint density at radius 2 is 2.50 bits per heavy atom. The van der Waals surface area contributed by atoms with Gasteiger partial charge in [-0.3, -0.25) is 0 Å². The van der Waals surface area contributed by atoms with E-state index in [0.717, 1.165) is 0 Å². The van der Waals surface area contributed by atoms with Crippen molar-refractivity contribution in [2.45, 2.75) is 6.42 Å². The van der Waals surface area contributed by atoms with Gasteiger partial charge in [0.1, 0.15) is 5.94 Å². The molecule has 0 bridgehead atoms. The quantitative estimate of drug-likeness (QED) is 0.387. The van der Waals surface area contributed by atoms with Crippen LogP contribution in [-0.2, 0) is 4.79 Å². The average Bonchev–Trinajstić information content (AvgIpc) is 1.83. The molecule has 0 spiro atoms. The normalized spacial score (nSPS) is 6.38. The van der Waals surface area contributed by atoms with Crippen LogP contribution in [0.15, 0.2) is 18.2 Å². The van der Waals surface area contributed by atoms with Gasteiger partial charge >= 0.3 is 0 Å². The van der Waals surface area contributed by atoms with E-state index in [1.54, 1.807) is 12.0 Å². The van der Waals surface area contributed by atoms with E-state index in [1.807, 2.05) is 0 Å². The smallest absolute Gasteiger partial charge is 0.120 e. The Morgan fingerprint density at radius 3 is 2.88 bits per heavy atom. The summed E-state index contributed by atoms with van der Waals surface area (Å²) < 4.78 is 0. The van der Waals surface area contributed by atoms with Gasteiger partial charge in [0.15, 0.2) is 0 Å². The largest absolute Gasteiger partial charge is 0.234 e. The van der Waals surface area contributed by atoms with Gasteiger partial charge in [-0.1, -0.05) is 6.58 Å². The predicted octanol–water partition coefficient (Wildman–Crippen LogP) is 0.844. The average molecular weight is 107 g/mol. The van der Waals surface area contributed by atoms with Gasteiger partial charge in [0.2, 0.25) is 0 Å². The van der Waals surface area contributed by atoms with Crippen LogP contribution in [0.25, 0.3) is 0 Å². The third kappa shape index (κ3) is 2.89. The van der Waals surface area contributed by atoms with E-state index < -0.39 is 0 Å². The highest BCUT2D eigenvalue weighted by Gasteiger charge is 1.82. The summed E-state index contributed by atoms with van der Waals surface area (Å²) in [6.07, 6.45) is 1.55. The standard InChI is InChI=1S/C6H5NO/c1-6(5-7)3-2-4-8/h2H,1,3H2. The van der Waals surface area contributed by atoms with Gasteiger partial charge < -0.3 is 0 Å². The zero-order valence-corrected chi connectivity index (χ0v) is 4.35. The molecule has 0 aromatic carbocycles. The highest BCUT2D eigenvalue weighted by Crippen LogP contribution is 1.92. The van der Waals surface area contributed by atoms with Crippen LogP contribution >= 0.6 is 0 Å². The number of rotatable bonds is 2. The highest BCUT2D eigenvalue weighted by atomic mass is 16.1. The van der Waals surface area contributed by atoms with Crippen molar-refractivity contribution >= 4 is 5.94 Å². The minimum Gasteiger partial charge on any atom is -0.234 e. The molecule has 0 rings (SSSR count). The molecule has 2 heteroatoms. The fraction of sp³-hybridized carbons (Fsp3) is 0.167. The van der Waals surface area contributed by atoms with E-state index in [2.05, 4.69) is 6.58 Å². The van der Waals surface area contributed by atoms with Crippen molar-refractivity contribution in [3.63, 3.8) is 0 Å². The Kier molecular flexibility index (Phi) is 3.22. The number of allylic oxidation sites excluding steroid dienone is 2. The monoisotopic (exact) mass is 107 g/mol. The molecule has 0 heterocycles. The lowest BCUT2D eigenvalue weighted by Gasteiger charge is -1.78. The zero-order chi connectivity index (χ0) is 6.41. The Labute approximate surface area is 47.7 Å². The predicted molar refractivity (Wildman–Crippen MR) is 29.6 cm³/mol. The molecular weight excluding hydrogens is 102 g/mol. The van der Waals surface area contributed by atoms with Crippen molar-refractivity contribution in [3.05, 3.63) is 18.2 Å². The molecule has 0 saturated carbocycles. The number of carbonyl (C=O) groups excluding carboxylic acids is 1. The van der Waals surface area contributed by atoms with Crippen molar-refractivity contribution in [2.75, 3.05) is 0 Å². The van der Waals surface area contributed by atoms with Crippen molar-refractivity contribution in [2.24, 2.45) is 0 Å². The lowest BCUT2D eigenvalue weighted by Crippen LogP contribution is -1.69. The summed E-state index contributed by atoms with van der Waals surface area (Å²) in [5, 5.41) is 8.06. The van der Waals surface area contributed by atoms with Crippen molar-refractivity contribution in [3.8, 4) is 6.07 Å². The van der Waals surface area contributed by atoms with Gasteiger partial charge in [0.05, 0.1) is 6.07 Å². The van der Waals surface area contributed by atoms with Crippen LogP contribution in [0, 0.1) is 11.3 Å². The minimum absolute atomic E-state index is 0.319. The first-order valence-corrected chi connectivity index (χ1v) is 2.08. The van der Waals surface area contributed by atoms with Crippen molar-refractivity contribution in [1.29, 1.82) is 5.26 Å². The van der Waals surface area contributed by atoms with Gasteiger partial charge in [-0.15, -0.1) is 0 Å². The van der Waals surface area contributed by atoms with E-state index in [0.29, 0.717) is 12.0 Å². The van der Waals surface area contributed by atoms with Crippen LogP contribution < -0.4 is 0 Å². The summed E-state index contributed by atoms with van der Waals surface area (Å²) in [5.74, 6) is 1.55. The van der Waals surface area contributed by atoms with Gasteiger partial charge in [0, 0.05) is 18.1 Å². The highest BCUT2D eigenvalue weighted by molar-refractivity contribution is 5.46. The maximum absolute atomic E-state index is 9.49. The number of nitriles is 1. The van der Waals surface area contributed by atoms with Crippen molar-refractivity contribution < 1.29 is 4.79 Å². The Hall–Kier alpha value is -1.32. The fourth-order valence-corrected chi connectivity index (χ4v) is 0.211. The number of nitrogens with zero attached hydrogens (tertiary/aromatic N) is 1. The molecule has 0 radical (unpaired) electrons. The molecular formula is C6H5NO. The first-order valence-electron chi connectivity index (χ1n) is 2.08. The molecule has 0 aliphatic carbocycles. The molecule has 0 aromatic rings. The van der Waals surface area contributed by atoms with E-state index >= 15 is 0 Å². The molecule has 0 aromatic heterocycles. The Bertz CT molecular complexity index is 169. The second-order valence-electron chi connectivity index (χ2n) is 1.24. The van der Waals surface area contributed by atoms with E-state index in [9.17, 15) is 4.79 Å². The number of hydrogen-bond acceptors (Lipinski definition) is 2. The molecule has 0 aliphatic rings. The molecule has 0 atom stereocenters. The van der Waals surface area contributed by atoms with E-state index in [1.165, 1.54) is 6.08 Å². The summed E-state index contributed by atoms with van der Waals surface area (Å²) in [5.41, 5.74) is 0.383. The van der Waals surface area contributed by atoms with E-state index in [4.69, 9.17) is 5.26 Å². The molecule has 0 unspecified atom stereocenters. The number of hydrogen-bond donors (Lipinski definition) is 0. The molecule has 0 saturated heterocycles. The third-order valence-electron chi connectivity index (χ3n) is 0.590. The summed E-state index contributed by atoms with van der Waals surface area (Å²) in [6.45, 7) is 3.34. The van der Waals surface area contributed by atoms with Crippen LogP contribution in [-0.4, -0.2) is 5.94 Å². The first-order chi connectivity index (χ1) is 3.81. The van der Waals surface area contributed by atoms with Crippen LogP contribution in [0.3, 0.4) is 0 Å². The lowest BCUT2D eigenvalue weighted by molar-refractivity contribution is 0.568. The maximum Gasteiger partial charge on any atom is 0.120 e. The molecule has 2 nitrogen and oxygen atoms in total. The van der Waals surface area contributed by atoms with Gasteiger partial charge in [-0.2, -0.15) is 5.26 Å². The van der Waals surface area contributed by atoms with Crippen molar-refractivity contribution in [1.82, 2.24) is 0 Å². The second kappa shape index (κ2) is 3.86. The van der Waals surface area contributed by atoms with Crippen LogP contribution in [0.2, 0.25) is 0 Å².